The highest BCUT2D eigenvalue weighted by Crippen LogP contribution is 2.25. The molecule has 0 fully saturated rings. The minimum Gasteiger partial charge on any atom is -0.341 e. The predicted octanol–water partition coefficient (Wildman–Crippen LogP) is 3.29. The molecule has 118 valence electrons. The summed E-state index contributed by atoms with van der Waals surface area (Å²) in [5.41, 5.74) is -0.233. The van der Waals surface area contributed by atoms with Gasteiger partial charge in [-0.05, 0) is 18.2 Å². The first kappa shape index (κ1) is 18.1. The van der Waals surface area contributed by atoms with Gasteiger partial charge in [-0.25, -0.2) is 8.42 Å². The van der Waals surface area contributed by atoms with E-state index in [2.05, 4.69) is 0 Å². The molecule has 10 heteroatoms. The third-order valence-electron chi connectivity index (χ3n) is 2.53. The summed E-state index contributed by atoms with van der Waals surface area (Å²) in [6, 6.07) is 3.16. The van der Waals surface area contributed by atoms with Gasteiger partial charge in [0.25, 0.3) is 15.0 Å². The van der Waals surface area contributed by atoms with E-state index in [0.29, 0.717) is 0 Å². The monoisotopic (exact) mass is 363 g/mol. The quantitative estimate of drug-likeness (QED) is 0.771. The molecule has 0 saturated heterocycles. The number of rotatable bonds is 4. The lowest BCUT2D eigenvalue weighted by Crippen LogP contribution is -2.30. The standard InChI is InChI=1S/C11H10Cl2F3NO3S/c1-17(5-4-11(14,15)16)10(18)8-6-7(21(13,19)20)2-3-9(8)12/h2-3,6H,4-5H2,1H3. The fourth-order valence-corrected chi connectivity index (χ4v) is 2.40. The molecule has 1 aromatic rings. The summed E-state index contributed by atoms with van der Waals surface area (Å²) >= 11 is 5.77. The molecular weight excluding hydrogens is 354 g/mol. The number of hydrogen-bond donors (Lipinski definition) is 0. The molecule has 21 heavy (non-hydrogen) atoms. The average Bonchev–Trinajstić information content (AvgIpc) is 2.33. The first-order valence-electron chi connectivity index (χ1n) is 5.48. The van der Waals surface area contributed by atoms with Gasteiger partial charge in [0.2, 0.25) is 0 Å². The third kappa shape index (κ3) is 5.37. The van der Waals surface area contributed by atoms with Crippen LogP contribution in [0, 0.1) is 0 Å². The first-order chi connectivity index (χ1) is 9.42. The Bertz CT molecular complexity index is 647. The molecule has 0 heterocycles. The van der Waals surface area contributed by atoms with E-state index in [1.165, 1.54) is 0 Å². The van der Waals surface area contributed by atoms with Crippen molar-refractivity contribution in [2.24, 2.45) is 0 Å². The van der Waals surface area contributed by atoms with Gasteiger partial charge in [0.05, 0.1) is 21.9 Å². The summed E-state index contributed by atoms with van der Waals surface area (Å²) in [7, 11) is 2.23. The lowest BCUT2D eigenvalue weighted by molar-refractivity contribution is -0.136. The third-order valence-corrected chi connectivity index (χ3v) is 4.21. The van der Waals surface area contributed by atoms with Gasteiger partial charge in [-0.15, -0.1) is 0 Å². The lowest BCUT2D eigenvalue weighted by Gasteiger charge is -2.19. The van der Waals surface area contributed by atoms with Crippen LogP contribution < -0.4 is 0 Å². The highest BCUT2D eigenvalue weighted by molar-refractivity contribution is 8.13. The molecule has 0 spiro atoms. The van der Waals surface area contributed by atoms with Crippen LogP contribution in [-0.2, 0) is 9.05 Å². The van der Waals surface area contributed by atoms with Crippen molar-refractivity contribution in [2.75, 3.05) is 13.6 Å². The van der Waals surface area contributed by atoms with Crippen molar-refractivity contribution in [2.45, 2.75) is 17.5 Å². The van der Waals surface area contributed by atoms with Gasteiger partial charge in [-0.2, -0.15) is 13.2 Å². The number of nitrogens with zero attached hydrogens (tertiary/aromatic N) is 1. The van der Waals surface area contributed by atoms with Crippen molar-refractivity contribution in [3.8, 4) is 0 Å². The summed E-state index contributed by atoms with van der Waals surface area (Å²) in [6.45, 7) is -0.573. The second-order valence-electron chi connectivity index (χ2n) is 4.17. The van der Waals surface area contributed by atoms with Gasteiger partial charge < -0.3 is 4.90 Å². The summed E-state index contributed by atoms with van der Waals surface area (Å²) in [5, 5.41) is -0.0806. The van der Waals surface area contributed by atoms with Crippen LogP contribution in [0.15, 0.2) is 23.1 Å². The summed E-state index contributed by atoms with van der Waals surface area (Å²) < 4.78 is 58.8. The number of carbonyl (C=O) groups excluding carboxylic acids is 1. The number of hydrogen-bond acceptors (Lipinski definition) is 3. The van der Waals surface area contributed by atoms with Crippen molar-refractivity contribution in [1.82, 2.24) is 4.90 Å². The zero-order chi connectivity index (χ0) is 16.4. The van der Waals surface area contributed by atoms with E-state index < -0.39 is 34.1 Å². The second kappa shape index (κ2) is 6.41. The van der Waals surface area contributed by atoms with Crippen LogP contribution in [0.2, 0.25) is 5.02 Å². The van der Waals surface area contributed by atoms with Gasteiger partial charge in [0.1, 0.15) is 0 Å². The average molecular weight is 364 g/mol. The molecule has 1 rings (SSSR count). The van der Waals surface area contributed by atoms with Crippen LogP contribution in [-0.4, -0.2) is 39.0 Å². The van der Waals surface area contributed by atoms with Gasteiger partial charge >= 0.3 is 6.18 Å². The molecule has 0 bridgehead atoms. The number of benzene rings is 1. The molecule has 4 nitrogen and oxygen atoms in total. The second-order valence-corrected chi connectivity index (χ2v) is 7.14. The fourth-order valence-electron chi connectivity index (χ4n) is 1.42. The maximum Gasteiger partial charge on any atom is 0.390 e. The maximum atomic E-state index is 12.1. The molecule has 0 aliphatic heterocycles. The predicted molar refractivity (Wildman–Crippen MR) is 72.1 cm³/mol. The van der Waals surface area contributed by atoms with Crippen LogP contribution in [0.4, 0.5) is 13.2 Å². The molecule has 0 N–H and O–H groups in total. The zero-order valence-corrected chi connectivity index (χ0v) is 12.9. The van der Waals surface area contributed by atoms with E-state index in [1.807, 2.05) is 0 Å². The van der Waals surface area contributed by atoms with Gasteiger partial charge in [-0.1, -0.05) is 11.6 Å². The number of amides is 1. The first-order valence-corrected chi connectivity index (χ1v) is 8.17. The summed E-state index contributed by atoms with van der Waals surface area (Å²) in [6.07, 6.45) is -5.58. The summed E-state index contributed by atoms with van der Waals surface area (Å²) in [5.74, 6) is -0.827. The molecule has 0 unspecified atom stereocenters. The van der Waals surface area contributed by atoms with E-state index in [9.17, 15) is 26.4 Å². The number of halogens is 5. The Kier molecular flexibility index (Phi) is 5.51. The Morgan fingerprint density at radius 2 is 1.90 bits per heavy atom. The van der Waals surface area contributed by atoms with Crippen molar-refractivity contribution in [1.29, 1.82) is 0 Å². The molecule has 0 aliphatic carbocycles. The van der Waals surface area contributed by atoms with Crippen LogP contribution in [0.5, 0.6) is 0 Å². The van der Waals surface area contributed by atoms with Crippen LogP contribution in [0.25, 0.3) is 0 Å². The van der Waals surface area contributed by atoms with Crippen molar-refractivity contribution < 1.29 is 26.4 Å². The largest absolute Gasteiger partial charge is 0.390 e. The van der Waals surface area contributed by atoms with Gasteiger partial charge in [0, 0.05) is 24.3 Å². The smallest absolute Gasteiger partial charge is 0.341 e. The van der Waals surface area contributed by atoms with E-state index in [4.69, 9.17) is 22.3 Å². The molecule has 0 aliphatic rings. The molecule has 0 saturated carbocycles. The van der Waals surface area contributed by atoms with Crippen molar-refractivity contribution >= 4 is 37.2 Å². The Morgan fingerprint density at radius 1 is 1.33 bits per heavy atom. The molecule has 0 aromatic heterocycles. The van der Waals surface area contributed by atoms with E-state index >= 15 is 0 Å². The Balaban J connectivity index is 3.02. The highest BCUT2D eigenvalue weighted by Gasteiger charge is 2.28. The minimum atomic E-state index is -4.40. The Labute approximate surface area is 128 Å². The highest BCUT2D eigenvalue weighted by atomic mass is 35.7. The van der Waals surface area contributed by atoms with E-state index in [1.54, 1.807) is 0 Å². The van der Waals surface area contributed by atoms with Gasteiger partial charge in [-0.3, -0.25) is 4.79 Å². The molecule has 1 aromatic carbocycles. The molecule has 0 radical (unpaired) electrons. The van der Waals surface area contributed by atoms with Crippen molar-refractivity contribution in [3.63, 3.8) is 0 Å². The van der Waals surface area contributed by atoms with E-state index in [0.717, 1.165) is 30.1 Å². The minimum absolute atomic E-state index is 0.0806. The van der Waals surface area contributed by atoms with Crippen LogP contribution in [0.1, 0.15) is 16.8 Å². The Morgan fingerprint density at radius 3 is 2.38 bits per heavy atom. The van der Waals surface area contributed by atoms with E-state index in [-0.39, 0.29) is 15.5 Å². The topological polar surface area (TPSA) is 54.5 Å². The zero-order valence-electron chi connectivity index (χ0n) is 10.6. The molecule has 1 amide bonds. The maximum absolute atomic E-state index is 12.1. The molecule has 0 atom stereocenters. The SMILES string of the molecule is CN(CCC(F)(F)F)C(=O)c1cc(S(=O)(=O)Cl)ccc1Cl. The lowest BCUT2D eigenvalue weighted by atomic mass is 10.2. The summed E-state index contributed by atoms with van der Waals surface area (Å²) in [4.78, 5) is 12.4. The van der Waals surface area contributed by atoms with Gasteiger partial charge in [0.15, 0.2) is 0 Å². The number of carbonyl (C=O) groups is 1. The fraction of sp³-hybridized carbons (Fsp3) is 0.364. The van der Waals surface area contributed by atoms with Crippen LogP contribution >= 0.6 is 22.3 Å². The normalized spacial score (nSPS) is 12.3. The van der Waals surface area contributed by atoms with Crippen LogP contribution in [0.3, 0.4) is 0 Å². The van der Waals surface area contributed by atoms with Crippen molar-refractivity contribution in [3.05, 3.63) is 28.8 Å². The Hall–Kier alpha value is -0.990. The number of alkyl halides is 3. The molecular formula is C11H10Cl2F3NO3S.